The molecule has 0 spiro atoms. The normalized spacial score (nSPS) is 16.3. The van der Waals surface area contributed by atoms with E-state index in [1.807, 2.05) is 12.1 Å². The first-order chi connectivity index (χ1) is 21.1. The lowest BCUT2D eigenvalue weighted by atomic mass is 9.77. The van der Waals surface area contributed by atoms with Crippen LogP contribution in [-0.2, 0) is 19.1 Å². The smallest absolute Gasteiger partial charge is 0.338 e. The number of aliphatic hydroxyl groups excluding tert-OH is 2. The highest BCUT2D eigenvalue weighted by atomic mass is 16.7. The highest BCUT2D eigenvalue weighted by molar-refractivity contribution is 5.87. The molecule has 1 saturated carbocycles. The number of carbonyl (C=O) groups is 2. The van der Waals surface area contributed by atoms with Gasteiger partial charge in [-0.25, -0.2) is 4.79 Å². The number of hydrogen-bond donors (Lipinski definition) is 2. The van der Waals surface area contributed by atoms with Crippen LogP contribution in [0.5, 0.6) is 11.5 Å². The van der Waals surface area contributed by atoms with Gasteiger partial charge in [-0.1, -0.05) is 63.2 Å². The summed E-state index contributed by atoms with van der Waals surface area (Å²) in [5, 5.41) is 18.4. The largest absolute Gasteiger partial charge is 0.457 e. The third-order valence-corrected chi connectivity index (χ3v) is 7.93. The molecule has 0 heterocycles. The second kappa shape index (κ2) is 17.5. The molecule has 0 saturated heterocycles. The molecule has 3 rings (SSSR count). The van der Waals surface area contributed by atoms with E-state index < -0.39 is 30.8 Å². The molecular weight excluding hydrogens is 560 g/mol. The van der Waals surface area contributed by atoms with Gasteiger partial charge in [0.15, 0.2) is 0 Å². The van der Waals surface area contributed by atoms with Gasteiger partial charge < -0.3 is 29.2 Å². The van der Waals surface area contributed by atoms with Crippen molar-refractivity contribution in [1.82, 2.24) is 0 Å². The van der Waals surface area contributed by atoms with Crippen molar-refractivity contribution in [3.8, 4) is 23.3 Å². The zero-order valence-corrected chi connectivity index (χ0v) is 26.2. The van der Waals surface area contributed by atoms with Crippen molar-refractivity contribution in [3.63, 3.8) is 0 Å². The summed E-state index contributed by atoms with van der Waals surface area (Å²) in [6.45, 7) is 7.13. The predicted octanol–water partition coefficient (Wildman–Crippen LogP) is 6.27. The van der Waals surface area contributed by atoms with Crippen LogP contribution in [0.1, 0.15) is 94.7 Å². The summed E-state index contributed by atoms with van der Waals surface area (Å²) in [6.07, 6.45) is 10.4. The molecule has 0 aromatic heterocycles. The Hall–Kier alpha value is -3.80. The van der Waals surface area contributed by atoms with Gasteiger partial charge in [-0.3, -0.25) is 4.79 Å². The standard InChI is InChI=1S/C36H46O8/c1-5-6-7-8-27-11-15-30(16-12-27)31-17-13-28(14-18-31)9-10-29-19-32(41-24-43-34(39)26(2)22-37)21-33(20-29)42-25-44-35(40)36(3,4)23-38/h13-14,17-21,27,30,37-38H,2,5-8,11-12,15-16,22-25H2,1,3-4H3. The van der Waals surface area contributed by atoms with E-state index >= 15 is 0 Å². The maximum Gasteiger partial charge on any atom is 0.338 e. The molecule has 0 radical (unpaired) electrons. The SMILES string of the molecule is C=C(CO)C(=O)OCOc1cc(C#Cc2ccc(C3CCC(CCCCC)CC3)cc2)cc(OCOC(=O)C(C)(C)CO)c1. The fourth-order valence-electron chi connectivity index (χ4n) is 4.99. The van der Waals surface area contributed by atoms with Gasteiger partial charge in [-0.15, -0.1) is 0 Å². The van der Waals surface area contributed by atoms with Crippen LogP contribution in [-0.4, -0.2) is 49.0 Å². The third kappa shape index (κ3) is 11.0. The monoisotopic (exact) mass is 606 g/mol. The van der Waals surface area contributed by atoms with Crippen molar-refractivity contribution in [2.75, 3.05) is 26.8 Å². The van der Waals surface area contributed by atoms with Crippen molar-refractivity contribution in [2.24, 2.45) is 11.3 Å². The number of aliphatic hydroxyl groups is 2. The molecule has 2 N–H and O–H groups in total. The summed E-state index contributed by atoms with van der Waals surface area (Å²) in [5.74, 6) is 7.02. The fourth-order valence-corrected chi connectivity index (χ4v) is 4.99. The van der Waals surface area contributed by atoms with E-state index in [1.54, 1.807) is 26.0 Å². The molecule has 8 heteroatoms. The maximum atomic E-state index is 12.2. The van der Waals surface area contributed by atoms with Gasteiger partial charge in [0, 0.05) is 17.2 Å². The Bertz CT molecular complexity index is 1290. The highest BCUT2D eigenvalue weighted by Gasteiger charge is 2.28. The molecule has 2 aromatic rings. The lowest BCUT2D eigenvalue weighted by Gasteiger charge is -2.29. The fraction of sp³-hybridized carbons (Fsp3) is 0.500. The van der Waals surface area contributed by atoms with Crippen LogP contribution < -0.4 is 9.47 Å². The topological polar surface area (TPSA) is 112 Å². The Balaban J connectivity index is 1.66. The van der Waals surface area contributed by atoms with E-state index in [-0.39, 0.29) is 19.0 Å². The molecule has 8 nitrogen and oxygen atoms in total. The lowest BCUT2D eigenvalue weighted by Crippen LogP contribution is -2.31. The molecule has 0 unspecified atom stereocenters. The zero-order chi connectivity index (χ0) is 32.0. The first-order valence-corrected chi connectivity index (χ1v) is 15.4. The number of hydrogen-bond acceptors (Lipinski definition) is 8. The summed E-state index contributed by atoms with van der Waals surface area (Å²) in [4.78, 5) is 24.0. The Morgan fingerprint density at radius 3 is 2.09 bits per heavy atom. The van der Waals surface area contributed by atoms with E-state index in [2.05, 4.69) is 37.5 Å². The number of ether oxygens (including phenoxy) is 4. The quantitative estimate of drug-likeness (QED) is 0.0803. The van der Waals surface area contributed by atoms with E-state index in [0.717, 1.165) is 11.5 Å². The minimum absolute atomic E-state index is 0.0917. The summed E-state index contributed by atoms with van der Waals surface area (Å²) in [7, 11) is 0. The van der Waals surface area contributed by atoms with Crippen LogP contribution in [0.3, 0.4) is 0 Å². The lowest BCUT2D eigenvalue weighted by molar-refractivity contribution is -0.162. The van der Waals surface area contributed by atoms with Gasteiger partial charge in [-0.05, 0) is 81.2 Å². The Labute approximate surface area is 261 Å². The number of rotatable bonds is 15. The molecule has 0 aliphatic heterocycles. The van der Waals surface area contributed by atoms with E-state index in [1.165, 1.54) is 63.0 Å². The van der Waals surface area contributed by atoms with Gasteiger partial charge in [0.1, 0.15) is 11.5 Å². The Kier molecular flexibility index (Phi) is 13.8. The molecule has 0 bridgehead atoms. The number of benzene rings is 2. The minimum Gasteiger partial charge on any atom is -0.457 e. The average Bonchev–Trinajstić information content (AvgIpc) is 3.04. The van der Waals surface area contributed by atoms with Gasteiger partial charge in [0.2, 0.25) is 13.6 Å². The summed E-state index contributed by atoms with van der Waals surface area (Å²) < 4.78 is 21.3. The first-order valence-electron chi connectivity index (χ1n) is 15.4. The van der Waals surface area contributed by atoms with E-state index in [0.29, 0.717) is 23.0 Å². The molecule has 1 fully saturated rings. The summed E-state index contributed by atoms with van der Waals surface area (Å²) in [6, 6.07) is 13.3. The molecule has 0 amide bonds. The van der Waals surface area contributed by atoms with E-state index in [4.69, 9.17) is 24.1 Å². The number of carbonyl (C=O) groups excluding carboxylic acids is 2. The van der Waals surface area contributed by atoms with Gasteiger partial charge in [0.05, 0.1) is 24.2 Å². The maximum absolute atomic E-state index is 12.2. The van der Waals surface area contributed by atoms with Crippen LogP contribution in [0.4, 0.5) is 0 Å². The van der Waals surface area contributed by atoms with Crippen molar-refractivity contribution in [1.29, 1.82) is 0 Å². The molecule has 44 heavy (non-hydrogen) atoms. The zero-order valence-electron chi connectivity index (χ0n) is 26.2. The third-order valence-electron chi connectivity index (χ3n) is 7.93. The van der Waals surface area contributed by atoms with Gasteiger partial charge in [-0.2, -0.15) is 0 Å². The van der Waals surface area contributed by atoms with Crippen LogP contribution in [0.25, 0.3) is 0 Å². The van der Waals surface area contributed by atoms with Crippen molar-refractivity contribution >= 4 is 11.9 Å². The van der Waals surface area contributed by atoms with Crippen LogP contribution in [0.2, 0.25) is 0 Å². The van der Waals surface area contributed by atoms with Gasteiger partial charge in [0.25, 0.3) is 0 Å². The van der Waals surface area contributed by atoms with Crippen LogP contribution >= 0.6 is 0 Å². The highest BCUT2D eigenvalue weighted by Crippen LogP contribution is 2.37. The molecule has 2 aromatic carbocycles. The van der Waals surface area contributed by atoms with Crippen LogP contribution in [0.15, 0.2) is 54.6 Å². The van der Waals surface area contributed by atoms with Gasteiger partial charge >= 0.3 is 11.9 Å². The van der Waals surface area contributed by atoms with Crippen LogP contribution in [0, 0.1) is 23.2 Å². The molecule has 1 aliphatic rings. The summed E-state index contributed by atoms with van der Waals surface area (Å²) in [5.41, 5.74) is 1.65. The average molecular weight is 607 g/mol. The van der Waals surface area contributed by atoms with Crippen molar-refractivity contribution < 1.29 is 38.7 Å². The minimum atomic E-state index is -1.06. The molecule has 0 atom stereocenters. The molecular formula is C36H46O8. The van der Waals surface area contributed by atoms with Crippen molar-refractivity contribution in [3.05, 3.63) is 71.3 Å². The Morgan fingerprint density at radius 2 is 1.50 bits per heavy atom. The predicted molar refractivity (Wildman–Crippen MR) is 168 cm³/mol. The summed E-state index contributed by atoms with van der Waals surface area (Å²) >= 11 is 0. The molecule has 1 aliphatic carbocycles. The number of unbranched alkanes of at least 4 members (excludes halogenated alkanes) is 2. The molecule has 238 valence electrons. The number of esters is 2. The second-order valence-electron chi connectivity index (χ2n) is 12.0. The first kappa shape index (κ1) is 34.7. The Morgan fingerprint density at radius 1 is 0.886 bits per heavy atom. The van der Waals surface area contributed by atoms with E-state index in [9.17, 15) is 14.7 Å². The van der Waals surface area contributed by atoms with Crippen molar-refractivity contribution in [2.45, 2.75) is 78.1 Å². The second-order valence-corrected chi connectivity index (χ2v) is 12.0.